The highest BCUT2D eigenvalue weighted by atomic mass is 15.6. The minimum atomic E-state index is 0.274. The fourth-order valence-corrected chi connectivity index (χ4v) is 3.33. The molecule has 0 saturated heterocycles. The zero-order valence-corrected chi connectivity index (χ0v) is 15.4. The summed E-state index contributed by atoms with van der Waals surface area (Å²) < 4.78 is 0. The maximum atomic E-state index is 4.43. The summed E-state index contributed by atoms with van der Waals surface area (Å²) in [6, 6.07) is 20.2. The van der Waals surface area contributed by atoms with Crippen LogP contribution < -0.4 is 0 Å². The lowest BCUT2D eigenvalue weighted by atomic mass is 9.90. The van der Waals surface area contributed by atoms with Crippen LogP contribution in [0.4, 0.5) is 11.4 Å². The second kappa shape index (κ2) is 9.08. The lowest BCUT2D eigenvalue weighted by Gasteiger charge is -2.38. The Morgan fingerprint density at radius 3 is 1.42 bits per heavy atom. The van der Waals surface area contributed by atoms with Gasteiger partial charge in [-0.1, -0.05) is 59.7 Å². The molecule has 1 aliphatic rings. The number of rotatable bonds is 6. The van der Waals surface area contributed by atoms with Gasteiger partial charge in [-0.05, 0) is 37.1 Å². The van der Waals surface area contributed by atoms with E-state index in [2.05, 4.69) is 20.7 Å². The molecule has 0 heterocycles. The molecule has 1 aliphatic carbocycles. The summed E-state index contributed by atoms with van der Waals surface area (Å²) in [6.45, 7) is 0. The predicted molar refractivity (Wildman–Crippen MR) is 103 cm³/mol. The average molecular weight is 350 g/mol. The molecule has 0 N–H and O–H groups in total. The van der Waals surface area contributed by atoms with Crippen molar-refractivity contribution in [2.75, 3.05) is 14.1 Å². The van der Waals surface area contributed by atoms with Crippen LogP contribution in [0.2, 0.25) is 0 Å². The van der Waals surface area contributed by atoms with Gasteiger partial charge in [-0.2, -0.15) is 0 Å². The summed E-state index contributed by atoms with van der Waals surface area (Å²) in [4.78, 5) is 0. The van der Waals surface area contributed by atoms with Gasteiger partial charge in [0.2, 0.25) is 0 Å². The number of hydrogen-bond acceptors (Lipinski definition) is 4. The first kappa shape index (κ1) is 18.0. The van der Waals surface area contributed by atoms with E-state index in [1.807, 2.05) is 84.8 Å². The molecule has 6 nitrogen and oxygen atoms in total. The summed E-state index contributed by atoms with van der Waals surface area (Å²) in [7, 11) is 4.00. The molecule has 0 amide bonds. The molecule has 2 atom stereocenters. The quantitative estimate of drug-likeness (QED) is 0.506. The van der Waals surface area contributed by atoms with E-state index in [-0.39, 0.29) is 12.1 Å². The first-order valence-corrected chi connectivity index (χ1v) is 9.13. The fraction of sp³-hybridized carbons (Fsp3) is 0.400. The molecule has 1 fully saturated rings. The van der Waals surface area contributed by atoms with Crippen LogP contribution in [0.25, 0.3) is 0 Å². The highest BCUT2D eigenvalue weighted by Gasteiger charge is 2.31. The third-order valence-corrected chi connectivity index (χ3v) is 4.77. The molecular weight excluding hydrogens is 324 g/mol. The van der Waals surface area contributed by atoms with Gasteiger partial charge in [-0.25, -0.2) is 0 Å². The van der Waals surface area contributed by atoms with Gasteiger partial charge in [-0.3, -0.25) is 10.0 Å². The van der Waals surface area contributed by atoms with Gasteiger partial charge >= 0.3 is 0 Å². The Morgan fingerprint density at radius 1 is 0.654 bits per heavy atom. The predicted octanol–water partition coefficient (Wildman–Crippen LogP) is 5.56. The van der Waals surface area contributed by atoms with Gasteiger partial charge in [-0.15, -0.1) is 10.2 Å². The molecule has 0 aromatic heterocycles. The largest absolute Gasteiger partial charge is 0.276 e. The molecule has 3 rings (SSSR count). The Kier molecular flexibility index (Phi) is 6.30. The van der Waals surface area contributed by atoms with Crippen molar-refractivity contribution in [1.82, 2.24) is 10.0 Å². The van der Waals surface area contributed by atoms with Crippen LogP contribution in [-0.4, -0.2) is 36.2 Å². The minimum Gasteiger partial charge on any atom is -0.276 e. The zero-order chi connectivity index (χ0) is 18.2. The van der Waals surface area contributed by atoms with Crippen molar-refractivity contribution in [1.29, 1.82) is 0 Å². The fourth-order valence-electron chi connectivity index (χ4n) is 3.33. The van der Waals surface area contributed by atoms with E-state index < -0.39 is 0 Å². The van der Waals surface area contributed by atoms with Crippen LogP contribution in [0.1, 0.15) is 25.7 Å². The van der Waals surface area contributed by atoms with E-state index in [1.54, 1.807) is 0 Å². The number of hydrogen-bond donors (Lipinski definition) is 0. The molecule has 2 aromatic rings. The molecule has 0 unspecified atom stereocenters. The van der Waals surface area contributed by atoms with Crippen LogP contribution in [-0.2, 0) is 0 Å². The summed E-state index contributed by atoms with van der Waals surface area (Å²) in [6.07, 6.45) is 4.58. The van der Waals surface area contributed by atoms with E-state index in [0.29, 0.717) is 0 Å². The lowest BCUT2D eigenvalue weighted by molar-refractivity contribution is 0.0721. The lowest BCUT2D eigenvalue weighted by Crippen LogP contribution is -2.47. The third-order valence-electron chi connectivity index (χ3n) is 4.77. The SMILES string of the molecule is CN(N=Nc1ccccc1)[C@@H]1CCCC[C@H]1N(C)N=Nc1ccccc1. The van der Waals surface area contributed by atoms with Gasteiger partial charge < -0.3 is 0 Å². The third kappa shape index (κ3) is 4.88. The van der Waals surface area contributed by atoms with Crippen LogP contribution in [0.5, 0.6) is 0 Å². The second-order valence-corrected chi connectivity index (χ2v) is 6.62. The molecule has 0 bridgehead atoms. The second-order valence-electron chi connectivity index (χ2n) is 6.62. The van der Waals surface area contributed by atoms with Crippen LogP contribution in [0.3, 0.4) is 0 Å². The monoisotopic (exact) mass is 350 g/mol. The molecule has 136 valence electrons. The van der Waals surface area contributed by atoms with Gasteiger partial charge in [0, 0.05) is 14.1 Å². The van der Waals surface area contributed by atoms with Gasteiger partial charge in [0.05, 0.1) is 23.5 Å². The van der Waals surface area contributed by atoms with E-state index in [4.69, 9.17) is 0 Å². The summed E-state index contributed by atoms with van der Waals surface area (Å²) >= 11 is 0. The molecule has 0 aliphatic heterocycles. The van der Waals surface area contributed by atoms with Crippen molar-refractivity contribution < 1.29 is 0 Å². The summed E-state index contributed by atoms with van der Waals surface area (Å²) in [5.74, 6) is 0. The van der Waals surface area contributed by atoms with E-state index >= 15 is 0 Å². The van der Waals surface area contributed by atoms with E-state index in [1.165, 1.54) is 12.8 Å². The van der Waals surface area contributed by atoms with Gasteiger partial charge in [0.25, 0.3) is 0 Å². The molecule has 0 radical (unpaired) electrons. The maximum Gasteiger partial charge on any atom is 0.0874 e. The number of likely N-dealkylation sites (N-methyl/N-ethyl adjacent to an activating group) is 2. The minimum absolute atomic E-state index is 0.274. The normalized spacial score (nSPS) is 20.5. The Balaban J connectivity index is 1.66. The van der Waals surface area contributed by atoms with Crippen molar-refractivity contribution in [3.8, 4) is 0 Å². The topological polar surface area (TPSA) is 55.9 Å². The number of benzene rings is 2. The zero-order valence-electron chi connectivity index (χ0n) is 15.4. The smallest absolute Gasteiger partial charge is 0.0874 e. The average Bonchev–Trinajstić information content (AvgIpc) is 2.72. The van der Waals surface area contributed by atoms with Crippen LogP contribution in [0, 0.1) is 0 Å². The highest BCUT2D eigenvalue weighted by Crippen LogP contribution is 2.27. The highest BCUT2D eigenvalue weighted by molar-refractivity contribution is 5.35. The van der Waals surface area contributed by atoms with Crippen molar-refractivity contribution in [2.45, 2.75) is 37.8 Å². The van der Waals surface area contributed by atoms with E-state index in [0.717, 1.165) is 24.2 Å². The first-order valence-electron chi connectivity index (χ1n) is 9.13. The summed E-state index contributed by atoms with van der Waals surface area (Å²) in [5.41, 5.74) is 1.73. The van der Waals surface area contributed by atoms with Crippen molar-refractivity contribution in [2.24, 2.45) is 20.7 Å². The molecular formula is C20H26N6. The standard InChI is InChI=1S/C20H26N6/c1-25(23-21-17-11-5-3-6-12-17)19-15-9-10-16-20(19)26(2)24-22-18-13-7-4-8-14-18/h3-8,11-14,19-20H,9-10,15-16H2,1-2H3/t19-,20-/m1/s1. The Bertz CT molecular complexity index is 652. The Morgan fingerprint density at radius 2 is 1.04 bits per heavy atom. The Labute approximate surface area is 155 Å². The van der Waals surface area contributed by atoms with Gasteiger partial charge in [0.15, 0.2) is 0 Å². The van der Waals surface area contributed by atoms with Crippen molar-refractivity contribution in [3.05, 3.63) is 60.7 Å². The number of nitrogens with zero attached hydrogens (tertiary/aromatic N) is 6. The molecule has 2 aromatic carbocycles. The van der Waals surface area contributed by atoms with E-state index in [9.17, 15) is 0 Å². The molecule has 0 spiro atoms. The molecule has 6 heteroatoms. The maximum absolute atomic E-state index is 4.43. The van der Waals surface area contributed by atoms with Gasteiger partial charge in [0.1, 0.15) is 0 Å². The van der Waals surface area contributed by atoms with Crippen LogP contribution >= 0.6 is 0 Å². The Hall–Kier alpha value is -2.76. The van der Waals surface area contributed by atoms with Crippen LogP contribution in [0.15, 0.2) is 81.3 Å². The van der Waals surface area contributed by atoms with Crippen molar-refractivity contribution in [3.63, 3.8) is 0 Å². The first-order chi connectivity index (χ1) is 12.7. The summed E-state index contributed by atoms with van der Waals surface area (Å²) in [5, 5.41) is 21.5. The van der Waals surface area contributed by atoms with Crippen molar-refractivity contribution >= 4 is 11.4 Å². The molecule has 1 saturated carbocycles. The molecule has 26 heavy (non-hydrogen) atoms.